The molecule has 2 aliphatic rings. The Bertz CT molecular complexity index is 1220. The number of nitrogens with zero attached hydrogens (tertiary/aromatic N) is 2. The number of morpholine rings is 1. The number of halogens is 1. The van der Waals surface area contributed by atoms with Gasteiger partial charge in [-0.3, -0.25) is 4.79 Å². The van der Waals surface area contributed by atoms with Crippen LogP contribution in [0.4, 0.5) is 15.2 Å². The van der Waals surface area contributed by atoms with Crippen molar-refractivity contribution in [1.82, 2.24) is 4.98 Å². The summed E-state index contributed by atoms with van der Waals surface area (Å²) in [6.07, 6.45) is 1.07. The van der Waals surface area contributed by atoms with Crippen LogP contribution in [0.1, 0.15) is 27.1 Å². The van der Waals surface area contributed by atoms with Gasteiger partial charge >= 0.3 is 5.97 Å². The molecule has 0 aliphatic carbocycles. The van der Waals surface area contributed by atoms with E-state index in [1.807, 2.05) is 0 Å². The van der Waals surface area contributed by atoms with E-state index < -0.39 is 17.7 Å². The van der Waals surface area contributed by atoms with Gasteiger partial charge in [0.05, 0.1) is 55.4 Å². The van der Waals surface area contributed by atoms with Gasteiger partial charge in [-0.2, -0.15) is 0 Å². The number of carbonyl (C=O) groups excluding carboxylic acids is 2. The number of thiazole rings is 1. The molecule has 2 fully saturated rings. The van der Waals surface area contributed by atoms with Crippen molar-refractivity contribution in [3.8, 4) is 5.75 Å². The number of anilines is 2. The average molecular weight is 457 g/mol. The molecule has 32 heavy (non-hydrogen) atoms. The number of fused-ring (bicyclic) bond motifs is 3. The highest BCUT2D eigenvalue weighted by Gasteiger charge is 2.44. The molecule has 0 radical (unpaired) electrons. The van der Waals surface area contributed by atoms with E-state index in [9.17, 15) is 14.0 Å². The first-order chi connectivity index (χ1) is 15.5. The molecule has 2 atom stereocenters. The van der Waals surface area contributed by atoms with Crippen LogP contribution in [0.5, 0.6) is 5.75 Å². The van der Waals surface area contributed by atoms with E-state index in [1.165, 1.54) is 30.6 Å². The molecule has 2 saturated heterocycles. The molecule has 166 valence electrons. The third-order valence-electron chi connectivity index (χ3n) is 5.78. The normalized spacial score (nSPS) is 19.4. The molecule has 1 aromatic heterocycles. The van der Waals surface area contributed by atoms with Crippen molar-refractivity contribution >= 4 is 44.2 Å². The third kappa shape index (κ3) is 3.26. The Labute approximate surface area is 186 Å². The van der Waals surface area contributed by atoms with Gasteiger partial charge < -0.3 is 24.4 Å². The Hall–Kier alpha value is -3.24. The minimum absolute atomic E-state index is 0.0140. The molecule has 2 aliphatic heterocycles. The molecule has 8 nitrogen and oxygen atoms in total. The predicted octanol–water partition coefficient (Wildman–Crippen LogP) is 3.46. The summed E-state index contributed by atoms with van der Waals surface area (Å²) in [6.45, 7) is 1.33. The zero-order valence-electron chi connectivity index (χ0n) is 17.4. The fourth-order valence-corrected chi connectivity index (χ4v) is 5.47. The van der Waals surface area contributed by atoms with Crippen LogP contribution in [0.2, 0.25) is 0 Å². The summed E-state index contributed by atoms with van der Waals surface area (Å²) in [5, 5.41) is 3.47. The molecule has 10 heteroatoms. The maximum atomic E-state index is 14.3. The Morgan fingerprint density at radius 1 is 1.19 bits per heavy atom. The number of methoxy groups -OCH3 is 2. The SMILES string of the molecule is COC(=O)c1c(F)cccc1NC(=O)c1c(OC)ccc2nc(N3C4COCC3C4)sc12. The van der Waals surface area contributed by atoms with Gasteiger partial charge in [0.25, 0.3) is 5.91 Å². The predicted molar refractivity (Wildman–Crippen MR) is 117 cm³/mol. The van der Waals surface area contributed by atoms with Crippen LogP contribution in [-0.4, -0.2) is 56.4 Å². The van der Waals surface area contributed by atoms with E-state index in [1.54, 1.807) is 12.1 Å². The lowest BCUT2D eigenvalue weighted by atomic mass is 9.92. The lowest BCUT2D eigenvalue weighted by molar-refractivity contribution is 0.0103. The number of rotatable bonds is 5. The van der Waals surface area contributed by atoms with Crippen LogP contribution in [0.25, 0.3) is 10.2 Å². The summed E-state index contributed by atoms with van der Waals surface area (Å²) >= 11 is 1.40. The number of esters is 1. The van der Waals surface area contributed by atoms with E-state index in [2.05, 4.69) is 15.0 Å². The summed E-state index contributed by atoms with van der Waals surface area (Å²) in [7, 11) is 2.62. The number of carbonyl (C=O) groups is 2. The Kier molecular flexibility index (Phi) is 5.18. The molecule has 3 aromatic rings. The Morgan fingerprint density at radius 3 is 2.66 bits per heavy atom. The van der Waals surface area contributed by atoms with Crippen LogP contribution in [0.3, 0.4) is 0 Å². The molecule has 1 amide bonds. The monoisotopic (exact) mass is 457 g/mol. The fourth-order valence-electron chi connectivity index (χ4n) is 4.23. The van der Waals surface area contributed by atoms with Crippen molar-refractivity contribution in [1.29, 1.82) is 0 Å². The number of benzene rings is 2. The van der Waals surface area contributed by atoms with E-state index in [-0.39, 0.29) is 16.8 Å². The van der Waals surface area contributed by atoms with Gasteiger partial charge in [0.1, 0.15) is 22.7 Å². The maximum Gasteiger partial charge on any atom is 0.342 e. The quantitative estimate of drug-likeness (QED) is 0.587. The van der Waals surface area contributed by atoms with Crippen LogP contribution in [0, 0.1) is 5.82 Å². The maximum absolute atomic E-state index is 14.3. The number of hydrogen-bond acceptors (Lipinski definition) is 8. The van der Waals surface area contributed by atoms with Crippen molar-refractivity contribution in [3.63, 3.8) is 0 Å². The van der Waals surface area contributed by atoms with Gasteiger partial charge in [-0.15, -0.1) is 0 Å². The second-order valence-electron chi connectivity index (χ2n) is 7.58. The molecular weight excluding hydrogens is 437 g/mol. The smallest absolute Gasteiger partial charge is 0.342 e. The highest BCUT2D eigenvalue weighted by Crippen LogP contribution is 2.42. The van der Waals surface area contributed by atoms with Crippen molar-refractivity contribution < 1.29 is 28.2 Å². The summed E-state index contributed by atoms with van der Waals surface area (Å²) in [5.41, 5.74) is 0.609. The summed E-state index contributed by atoms with van der Waals surface area (Å²) in [6, 6.07) is 8.05. The van der Waals surface area contributed by atoms with E-state index in [0.29, 0.717) is 41.3 Å². The largest absolute Gasteiger partial charge is 0.496 e. The summed E-state index contributed by atoms with van der Waals surface area (Å²) in [4.78, 5) is 32.4. The second kappa shape index (κ2) is 8.03. The highest BCUT2D eigenvalue weighted by molar-refractivity contribution is 7.22. The number of nitrogens with one attached hydrogen (secondary N) is 1. The third-order valence-corrected chi connectivity index (χ3v) is 6.88. The van der Waals surface area contributed by atoms with Crippen molar-refractivity contribution in [2.75, 3.05) is 37.7 Å². The minimum Gasteiger partial charge on any atom is -0.496 e. The van der Waals surface area contributed by atoms with E-state index in [4.69, 9.17) is 14.5 Å². The Morgan fingerprint density at radius 2 is 1.97 bits per heavy atom. The standard InChI is InChI=1S/C22H20FN3O5S/c1-29-16-7-6-15-19(32-22(25-15)26-11-8-12(26)10-31-9-11)18(16)20(27)24-14-5-3-4-13(23)17(14)21(28)30-2/h3-7,11-12H,8-10H2,1-2H3,(H,24,27). The van der Waals surface area contributed by atoms with Gasteiger partial charge in [-0.1, -0.05) is 17.4 Å². The van der Waals surface area contributed by atoms with Crippen molar-refractivity contribution in [2.24, 2.45) is 0 Å². The number of amides is 1. The number of hydrogen-bond donors (Lipinski definition) is 1. The fraction of sp³-hybridized carbons (Fsp3) is 0.318. The number of aromatic nitrogens is 1. The van der Waals surface area contributed by atoms with Gasteiger partial charge in [0.15, 0.2) is 5.13 Å². The molecule has 0 spiro atoms. The molecule has 2 aromatic carbocycles. The van der Waals surface area contributed by atoms with Gasteiger partial charge in [-0.25, -0.2) is 14.2 Å². The van der Waals surface area contributed by atoms with Crippen LogP contribution in [-0.2, 0) is 9.47 Å². The van der Waals surface area contributed by atoms with Crippen molar-refractivity contribution in [2.45, 2.75) is 18.5 Å². The molecule has 1 N–H and O–H groups in total. The lowest BCUT2D eigenvalue weighted by Gasteiger charge is -2.52. The first-order valence-corrected chi connectivity index (χ1v) is 10.8. The highest BCUT2D eigenvalue weighted by atomic mass is 32.1. The molecule has 0 saturated carbocycles. The molecular formula is C22H20FN3O5S. The molecule has 2 unspecified atom stereocenters. The minimum atomic E-state index is -0.879. The van der Waals surface area contributed by atoms with E-state index >= 15 is 0 Å². The van der Waals surface area contributed by atoms with E-state index in [0.717, 1.165) is 24.7 Å². The number of ether oxygens (including phenoxy) is 3. The molecule has 5 rings (SSSR count). The first-order valence-electron chi connectivity index (χ1n) is 10.0. The second-order valence-corrected chi connectivity index (χ2v) is 8.56. The van der Waals surface area contributed by atoms with Gasteiger partial charge in [0, 0.05) is 0 Å². The van der Waals surface area contributed by atoms with Gasteiger partial charge in [-0.05, 0) is 30.7 Å². The van der Waals surface area contributed by atoms with Crippen LogP contribution < -0.4 is 15.0 Å². The zero-order chi connectivity index (χ0) is 22.4. The lowest BCUT2D eigenvalue weighted by Crippen LogP contribution is -2.64. The molecule has 3 heterocycles. The van der Waals surface area contributed by atoms with Gasteiger partial charge in [0.2, 0.25) is 0 Å². The Balaban J connectivity index is 1.54. The average Bonchev–Trinajstić information content (AvgIpc) is 3.21. The van der Waals surface area contributed by atoms with Crippen LogP contribution >= 0.6 is 11.3 Å². The van der Waals surface area contributed by atoms with Crippen molar-refractivity contribution in [3.05, 3.63) is 47.3 Å². The summed E-state index contributed by atoms with van der Waals surface area (Å²) in [5.74, 6) is -1.85. The first kappa shape index (κ1) is 20.7. The summed E-state index contributed by atoms with van der Waals surface area (Å²) < 4.78 is 30.6. The van der Waals surface area contributed by atoms with Crippen LogP contribution in [0.15, 0.2) is 30.3 Å². The topological polar surface area (TPSA) is 90.0 Å². The zero-order valence-corrected chi connectivity index (χ0v) is 18.2. The molecule has 2 bridgehead atoms.